The molecule has 21 heavy (non-hydrogen) atoms. The molecule has 1 aliphatic rings. The zero-order valence-electron chi connectivity index (χ0n) is 11.9. The van der Waals surface area contributed by atoms with Crippen LogP contribution in [0.15, 0.2) is 18.2 Å². The number of hydrogen-bond donors (Lipinski definition) is 2. The minimum absolute atomic E-state index is 0.0917. The molecule has 114 valence electrons. The van der Waals surface area contributed by atoms with E-state index < -0.39 is 5.82 Å². The van der Waals surface area contributed by atoms with Crippen molar-refractivity contribution in [3.05, 3.63) is 24.0 Å². The van der Waals surface area contributed by atoms with Crippen molar-refractivity contribution in [1.29, 1.82) is 0 Å². The van der Waals surface area contributed by atoms with E-state index in [1.54, 1.807) is 4.90 Å². The molecule has 1 heterocycles. The Morgan fingerprint density at radius 1 is 1.38 bits per heavy atom. The van der Waals surface area contributed by atoms with E-state index in [4.69, 9.17) is 5.73 Å². The van der Waals surface area contributed by atoms with E-state index >= 15 is 0 Å². The normalized spacial score (nSPS) is 15.1. The van der Waals surface area contributed by atoms with Gasteiger partial charge in [-0.1, -0.05) is 0 Å². The van der Waals surface area contributed by atoms with Gasteiger partial charge in [0.25, 0.3) is 0 Å². The van der Waals surface area contributed by atoms with Crippen LogP contribution in [0.5, 0.6) is 0 Å². The Labute approximate surface area is 123 Å². The lowest BCUT2D eigenvalue weighted by Crippen LogP contribution is -2.36. The van der Waals surface area contributed by atoms with Crippen molar-refractivity contribution in [2.75, 3.05) is 24.1 Å². The van der Waals surface area contributed by atoms with Gasteiger partial charge in [0, 0.05) is 31.6 Å². The van der Waals surface area contributed by atoms with E-state index in [0.29, 0.717) is 25.1 Å². The van der Waals surface area contributed by atoms with Crippen LogP contribution < -0.4 is 11.1 Å². The standard InChI is InChI=1S/C15H20FN3O2/c16-12-7-6-11(17)10-13(12)18-14(20)4-3-9-19-8-2-1-5-15(19)21/h6-7,10H,1-5,8-9,17H2,(H,18,20). The predicted molar refractivity (Wildman–Crippen MR) is 79.1 cm³/mol. The van der Waals surface area contributed by atoms with Gasteiger partial charge in [-0.25, -0.2) is 4.39 Å². The Bertz CT molecular complexity index is 534. The van der Waals surface area contributed by atoms with Gasteiger partial charge in [-0.2, -0.15) is 0 Å². The smallest absolute Gasteiger partial charge is 0.224 e. The molecular weight excluding hydrogens is 273 g/mol. The number of nitrogens with two attached hydrogens (primary N) is 1. The first-order chi connectivity index (χ1) is 10.1. The topological polar surface area (TPSA) is 75.4 Å². The average Bonchev–Trinajstić information content (AvgIpc) is 2.45. The molecule has 1 aliphatic heterocycles. The van der Waals surface area contributed by atoms with Gasteiger partial charge in [0.05, 0.1) is 5.69 Å². The number of carbonyl (C=O) groups excluding carboxylic acids is 2. The second-order valence-corrected chi connectivity index (χ2v) is 5.23. The fourth-order valence-electron chi connectivity index (χ4n) is 2.38. The minimum atomic E-state index is -0.510. The zero-order chi connectivity index (χ0) is 15.2. The molecule has 0 spiro atoms. The number of anilines is 2. The van der Waals surface area contributed by atoms with Crippen LogP contribution in [-0.2, 0) is 9.59 Å². The molecule has 1 aromatic carbocycles. The molecule has 0 saturated carbocycles. The number of amides is 2. The molecule has 0 aromatic heterocycles. The maximum Gasteiger partial charge on any atom is 0.224 e. The lowest BCUT2D eigenvalue weighted by molar-refractivity contribution is -0.133. The van der Waals surface area contributed by atoms with Crippen molar-refractivity contribution in [1.82, 2.24) is 4.90 Å². The summed E-state index contributed by atoms with van der Waals surface area (Å²) in [4.78, 5) is 25.2. The zero-order valence-corrected chi connectivity index (χ0v) is 11.9. The number of hydrogen-bond acceptors (Lipinski definition) is 3. The Morgan fingerprint density at radius 2 is 2.19 bits per heavy atom. The van der Waals surface area contributed by atoms with Crippen LogP contribution in [0.25, 0.3) is 0 Å². The second-order valence-electron chi connectivity index (χ2n) is 5.23. The molecular formula is C15H20FN3O2. The fourth-order valence-corrected chi connectivity index (χ4v) is 2.38. The largest absolute Gasteiger partial charge is 0.399 e. The van der Waals surface area contributed by atoms with E-state index in [1.165, 1.54) is 18.2 Å². The summed E-state index contributed by atoms with van der Waals surface area (Å²) in [5.74, 6) is -0.628. The summed E-state index contributed by atoms with van der Waals surface area (Å²) < 4.78 is 13.5. The van der Waals surface area contributed by atoms with Crippen LogP contribution in [0, 0.1) is 5.82 Å². The molecule has 6 heteroatoms. The second kappa shape index (κ2) is 7.06. The summed E-state index contributed by atoms with van der Waals surface area (Å²) in [7, 11) is 0. The minimum Gasteiger partial charge on any atom is -0.399 e. The average molecular weight is 293 g/mol. The van der Waals surface area contributed by atoms with Gasteiger partial charge in [-0.3, -0.25) is 9.59 Å². The van der Waals surface area contributed by atoms with Crippen LogP contribution >= 0.6 is 0 Å². The summed E-state index contributed by atoms with van der Waals surface area (Å²) in [5.41, 5.74) is 6.04. The summed E-state index contributed by atoms with van der Waals surface area (Å²) in [6, 6.07) is 4.05. The van der Waals surface area contributed by atoms with Gasteiger partial charge < -0.3 is 16.0 Å². The summed E-state index contributed by atoms with van der Waals surface area (Å²) in [6.07, 6.45) is 3.39. The summed E-state index contributed by atoms with van der Waals surface area (Å²) in [5, 5.41) is 2.50. The number of piperidine rings is 1. The van der Waals surface area contributed by atoms with Gasteiger partial charge >= 0.3 is 0 Å². The number of nitrogens with zero attached hydrogens (tertiary/aromatic N) is 1. The summed E-state index contributed by atoms with van der Waals surface area (Å²) >= 11 is 0. The molecule has 0 aliphatic carbocycles. The molecule has 0 radical (unpaired) electrons. The Morgan fingerprint density at radius 3 is 2.95 bits per heavy atom. The molecule has 5 nitrogen and oxygen atoms in total. The first-order valence-corrected chi connectivity index (χ1v) is 7.19. The van der Waals surface area contributed by atoms with Gasteiger partial charge in [0.2, 0.25) is 11.8 Å². The molecule has 1 aromatic rings. The summed E-state index contributed by atoms with van der Waals surface area (Å²) in [6.45, 7) is 1.34. The maximum atomic E-state index is 13.5. The number of nitrogen functional groups attached to an aromatic ring is 1. The number of halogens is 1. The highest BCUT2D eigenvalue weighted by molar-refractivity contribution is 5.91. The molecule has 1 saturated heterocycles. The van der Waals surface area contributed by atoms with Crippen LogP contribution in [0.4, 0.5) is 15.8 Å². The Kier molecular flexibility index (Phi) is 5.14. The van der Waals surface area contributed by atoms with E-state index in [9.17, 15) is 14.0 Å². The quantitative estimate of drug-likeness (QED) is 0.817. The van der Waals surface area contributed by atoms with E-state index in [-0.39, 0.29) is 23.9 Å². The van der Waals surface area contributed by atoms with E-state index in [0.717, 1.165) is 19.4 Å². The predicted octanol–water partition coefficient (Wildman–Crippen LogP) is 2.14. The number of carbonyl (C=O) groups is 2. The van der Waals surface area contributed by atoms with Gasteiger partial charge in [-0.15, -0.1) is 0 Å². The van der Waals surface area contributed by atoms with Crippen molar-refractivity contribution in [3.63, 3.8) is 0 Å². The third kappa shape index (κ3) is 4.44. The molecule has 3 N–H and O–H groups in total. The van der Waals surface area contributed by atoms with Crippen molar-refractivity contribution in [2.24, 2.45) is 0 Å². The van der Waals surface area contributed by atoms with Gasteiger partial charge in [0.15, 0.2) is 0 Å². The number of nitrogens with one attached hydrogen (secondary N) is 1. The van der Waals surface area contributed by atoms with Crippen LogP contribution in [0.1, 0.15) is 32.1 Å². The number of likely N-dealkylation sites (tertiary alicyclic amines) is 1. The van der Waals surface area contributed by atoms with Gasteiger partial charge in [-0.05, 0) is 37.5 Å². The Balaban J connectivity index is 1.77. The first-order valence-electron chi connectivity index (χ1n) is 7.19. The van der Waals surface area contributed by atoms with Crippen molar-refractivity contribution < 1.29 is 14.0 Å². The first kappa shape index (κ1) is 15.3. The van der Waals surface area contributed by atoms with Crippen LogP contribution in [0.2, 0.25) is 0 Å². The third-order valence-electron chi connectivity index (χ3n) is 3.52. The van der Waals surface area contributed by atoms with E-state index in [2.05, 4.69) is 5.32 Å². The Hall–Kier alpha value is -2.11. The highest BCUT2D eigenvalue weighted by atomic mass is 19.1. The molecule has 0 bridgehead atoms. The van der Waals surface area contributed by atoms with Crippen molar-refractivity contribution in [3.8, 4) is 0 Å². The highest BCUT2D eigenvalue weighted by Gasteiger charge is 2.17. The van der Waals surface area contributed by atoms with Gasteiger partial charge in [0.1, 0.15) is 5.82 Å². The lowest BCUT2D eigenvalue weighted by Gasteiger charge is -2.26. The van der Waals surface area contributed by atoms with Crippen LogP contribution in [-0.4, -0.2) is 29.8 Å². The molecule has 1 fully saturated rings. The molecule has 0 unspecified atom stereocenters. The van der Waals surface area contributed by atoms with Crippen molar-refractivity contribution in [2.45, 2.75) is 32.1 Å². The lowest BCUT2D eigenvalue weighted by atomic mass is 10.1. The van der Waals surface area contributed by atoms with Crippen LogP contribution in [0.3, 0.4) is 0 Å². The molecule has 0 atom stereocenters. The SMILES string of the molecule is Nc1ccc(F)c(NC(=O)CCCN2CCCCC2=O)c1. The number of rotatable bonds is 5. The molecule has 2 rings (SSSR count). The van der Waals surface area contributed by atoms with E-state index in [1.807, 2.05) is 0 Å². The van der Waals surface area contributed by atoms with Crippen molar-refractivity contribution >= 4 is 23.2 Å². The monoisotopic (exact) mass is 293 g/mol. The fraction of sp³-hybridized carbons (Fsp3) is 0.467. The third-order valence-corrected chi connectivity index (χ3v) is 3.52. The number of benzene rings is 1. The maximum absolute atomic E-state index is 13.5. The highest BCUT2D eigenvalue weighted by Crippen LogP contribution is 2.18. The molecule has 2 amide bonds.